The lowest BCUT2D eigenvalue weighted by Gasteiger charge is -2.34. The predicted octanol–water partition coefficient (Wildman–Crippen LogP) is 0.168. The van der Waals surface area contributed by atoms with Gasteiger partial charge in [0.1, 0.15) is 24.3 Å². The van der Waals surface area contributed by atoms with Gasteiger partial charge < -0.3 is 10.1 Å². The van der Waals surface area contributed by atoms with Crippen molar-refractivity contribution < 1.29 is 22.7 Å². The summed E-state index contributed by atoms with van der Waals surface area (Å²) in [6.07, 6.45) is 5.07. The number of halogens is 1. The summed E-state index contributed by atoms with van der Waals surface area (Å²) in [6.45, 7) is 0.678. The van der Waals surface area contributed by atoms with Crippen molar-refractivity contribution in [2.75, 3.05) is 18.8 Å². The van der Waals surface area contributed by atoms with Gasteiger partial charge in [0.05, 0.1) is 10.8 Å². The molecule has 0 aliphatic carbocycles. The number of carbonyl (C=O) groups excluding carboxylic acids is 2. The van der Waals surface area contributed by atoms with Crippen LogP contribution in [0.3, 0.4) is 0 Å². The molecule has 0 aromatic carbocycles. The Bertz CT molecular complexity index is 1070. The molecule has 172 valence electrons. The number of ether oxygens (including phenoxy) is 1. The molecule has 0 bridgehead atoms. The average Bonchev–Trinajstić information content (AvgIpc) is 3.36. The lowest BCUT2D eigenvalue weighted by Crippen LogP contribution is -2.56. The van der Waals surface area contributed by atoms with Gasteiger partial charge in [-0.3, -0.25) is 14.8 Å². The maximum atomic E-state index is 13.2. The summed E-state index contributed by atoms with van der Waals surface area (Å²) in [5.41, 5.74) is -1.58. The van der Waals surface area contributed by atoms with E-state index in [1.165, 1.54) is 27.8 Å². The SMILES string of the molecule is O=C1NC(=O)C(CCn2cncn2)(CS(=O)(=O)N2CCC(Oc3ccc(Cl)cn3)CC2)N1. The molecular formula is C18H22ClN7O5S. The van der Waals surface area contributed by atoms with E-state index in [0.29, 0.717) is 23.7 Å². The summed E-state index contributed by atoms with van der Waals surface area (Å²) in [5, 5.41) is 9.12. The van der Waals surface area contributed by atoms with E-state index in [1.807, 2.05) is 0 Å². The molecule has 0 radical (unpaired) electrons. The highest BCUT2D eigenvalue weighted by molar-refractivity contribution is 7.89. The first-order valence-corrected chi connectivity index (χ1v) is 12.0. The van der Waals surface area contributed by atoms with Gasteiger partial charge in [-0.2, -0.15) is 5.10 Å². The maximum absolute atomic E-state index is 13.2. The highest BCUT2D eigenvalue weighted by Crippen LogP contribution is 2.25. The van der Waals surface area contributed by atoms with Crippen LogP contribution in [0.25, 0.3) is 0 Å². The molecule has 2 saturated heterocycles. The molecule has 4 heterocycles. The van der Waals surface area contributed by atoms with Crippen molar-refractivity contribution in [2.45, 2.75) is 37.5 Å². The normalized spacial score (nSPS) is 22.5. The fourth-order valence-electron chi connectivity index (χ4n) is 3.77. The van der Waals surface area contributed by atoms with E-state index in [1.54, 1.807) is 12.1 Å². The van der Waals surface area contributed by atoms with Crippen LogP contribution in [-0.2, 0) is 21.4 Å². The average molecular weight is 484 g/mol. The molecule has 2 fully saturated rings. The minimum absolute atomic E-state index is 0.0506. The number of amides is 3. The van der Waals surface area contributed by atoms with Crippen LogP contribution in [0.15, 0.2) is 31.0 Å². The van der Waals surface area contributed by atoms with Crippen LogP contribution in [0.4, 0.5) is 4.79 Å². The molecule has 1 atom stereocenters. The molecule has 3 amide bonds. The molecule has 0 saturated carbocycles. The number of pyridine rings is 1. The molecule has 2 aliphatic heterocycles. The number of nitrogens with one attached hydrogen (secondary N) is 2. The van der Waals surface area contributed by atoms with E-state index < -0.39 is 33.3 Å². The van der Waals surface area contributed by atoms with Gasteiger partial charge in [0, 0.05) is 38.3 Å². The van der Waals surface area contributed by atoms with Gasteiger partial charge >= 0.3 is 6.03 Å². The van der Waals surface area contributed by atoms with Gasteiger partial charge in [0.25, 0.3) is 5.91 Å². The topological polar surface area (TPSA) is 148 Å². The fourth-order valence-corrected chi connectivity index (χ4v) is 5.80. The molecule has 32 heavy (non-hydrogen) atoms. The summed E-state index contributed by atoms with van der Waals surface area (Å²) in [5.74, 6) is -0.789. The van der Waals surface area contributed by atoms with Crippen molar-refractivity contribution in [1.82, 2.24) is 34.7 Å². The summed E-state index contributed by atoms with van der Waals surface area (Å²) < 4.78 is 34.9. The van der Waals surface area contributed by atoms with Crippen molar-refractivity contribution in [3.05, 3.63) is 36.0 Å². The highest BCUT2D eigenvalue weighted by Gasteiger charge is 2.50. The minimum Gasteiger partial charge on any atom is -0.474 e. The standard InChI is InChI=1S/C18H22ClN7O5S/c19-13-1-2-15(21-9-13)31-14-3-6-26(7-4-14)32(29,30)10-18(16(27)23-17(28)24-18)5-8-25-12-20-11-22-25/h1-2,9,11-12,14H,3-8,10H2,(H2,23,24,27,28). The Balaban J connectivity index is 1.40. The Kier molecular flexibility index (Phi) is 6.31. The van der Waals surface area contributed by atoms with Crippen LogP contribution in [-0.4, -0.2) is 74.9 Å². The number of rotatable bonds is 8. The van der Waals surface area contributed by atoms with E-state index >= 15 is 0 Å². The second-order valence-electron chi connectivity index (χ2n) is 7.69. The number of carbonyl (C=O) groups is 2. The number of urea groups is 1. The Morgan fingerprint density at radius 3 is 2.62 bits per heavy atom. The molecule has 14 heteroatoms. The van der Waals surface area contributed by atoms with E-state index in [2.05, 4.69) is 25.7 Å². The van der Waals surface area contributed by atoms with E-state index in [0.717, 1.165) is 0 Å². The molecule has 0 spiro atoms. The minimum atomic E-state index is -3.85. The molecule has 2 aromatic heterocycles. The number of nitrogens with zero attached hydrogens (tertiary/aromatic N) is 5. The zero-order valence-electron chi connectivity index (χ0n) is 17.0. The van der Waals surface area contributed by atoms with Crippen molar-refractivity contribution in [3.63, 3.8) is 0 Å². The third-order valence-electron chi connectivity index (χ3n) is 5.46. The van der Waals surface area contributed by atoms with Crippen molar-refractivity contribution >= 4 is 33.6 Å². The lowest BCUT2D eigenvalue weighted by molar-refractivity contribution is -0.123. The van der Waals surface area contributed by atoms with Crippen LogP contribution >= 0.6 is 11.6 Å². The van der Waals surface area contributed by atoms with Gasteiger partial charge in [0.2, 0.25) is 15.9 Å². The first-order chi connectivity index (χ1) is 15.3. The second-order valence-corrected chi connectivity index (χ2v) is 10.1. The number of hydrogen-bond donors (Lipinski definition) is 2. The van der Waals surface area contributed by atoms with Gasteiger partial charge in [-0.1, -0.05) is 11.6 Å². The summed E-state index contributed by atoms with van der Waals surface area (Å²) in [4.78, 5) is 32.3. The molecule has 2 aliphatic rings. The first-order valence-electron chi connectivity index (χ1n) is 9.98. The number of sulfonamides is 1. The Morgan fingerprint density at radius 2 is 2.03 bits per heavy atom. The molecule has 2 aromatic rings. The largest absolute Gasteiger partial charge is 0.474 e. The van der Waals surface area contributed by atoms with Gasteiger partial charge in [-0.05, 0) is 18.9 Å². The summed E-state index contributed by atoms with van der Waals surface area (Å²) >= 11 is 5.82. The van der Waals surface area contributed by atoms with Gasteiger partial charge in [0.15, 0.2) is 0 Å². The number of aromatic nitrogens is 4. The van der Waals surface area contributed by atoms with Crippen LogP contribution < -0.4 is 15.4 Å². The second kappa shape index (κ2) is 9.00. The lowest BCUT2D eigenvalue weighted by atomic mass is 9.98. The fraction of sp³-hybridized carbons (Fsp3) is 0.500. The van der Waals surface area contributed by atoms with E-state index in [4.69, 9.17) is 16.3 Å². The third-order valence-corrected chi connectivity index (χ3v) is 7.69. The zero-order valence-corrected chi connectivity index (χ0v) is 18.5. The quantitative estimate of drug-likeness (QED) is 0.504. The highest BCUT2D eigenvalue weighted by atomic mass is 35.5. The van der Waals surface area contributed by atoms with Crippen molar-refractivity contribution in [2.24, 2.45) is 0 Å². The number of aryl methyl sites for hydroxylation is 1. The first kappa shape index (κ1) is 22.4. The molecule has 4 rings (SSSR count). The zero-order chi connectivity index (χ0) is 22.8. The molecule has 1 unspecified atom stereocenters. The molecular weight excluding hydrogens is 462 g/mol. The number of imide groups is 1. The predicted molar refractivity (Wildman–Crippen MR) is 112 cm³/mol. The molecule has 12 nitrogen and oxygen atoms in total. The van der Waals surface area contributed by atoms with Crippen molar-refractivity contribution in [3.8, 4) is 5.88 Å². The number of hydrogen-bond acceptors (Lipinski definition) is 8. The molecule has 2 N–H and O–H groups in total. The van der Waals surface area contributed by atoms with Crippen LogP contribution in [0.2, 0.25) is 5.02 Å². The van der Waals surface area contributed by atoms with Crippen molar-refractivity contribution in [1.29, 1.82) is 0 Å². The van der Waals surface area contributed by atoms with Crippen LogP contribution in [0.1, 0.15) is 19.3 Å². The third kappa shape index (κ3) is 5.00. The Hall–Kier alpha value is -2.77. The van der Waals surface area contributed by atoms with E-state index in [-0.39, 0.29) is 32.2 Å². The summed E-state index contributed by atoms with van der Waals surface area (Å²) in [7, 11) is -3.85. The summed E-state index contributed by atoms with van der Waals surface area (Å²) in [6, 6.07) is 2.61. The van der Waals surface area contributed by atoms with Gasteiger partial charge in [-0.25, -0.2) is 27.5 Å². The number of piperidine rings is 1. The Labute approximate surface area is 189 Å². The maximum Gasteiger partial charge on any atom is 0.322 e. The van der Waals surface area contributed by atoms with Crippen LogP contribution in [0, 0.1) is 0 Å². The van der Waals surface area contributed by atoms with E-state index in [9.17, 15) is 18.0 Å². The Morgan fingerprint density at radius 1 is 1.25 bits per heavy atom. The van der Waals surface area contributed by atoms with Crippen LogP contribution in [0.5, 0.6) is 5.88 Å². The van der Waals surface area contributed by atoms with Gasteiger partial charge in [-0.15, -0.1) is 0 Å². The smallest absolute Gasteiger partial charge is 0.322 e. The monoisotopic (exact) mass is 483 g/mol.